The molecule has 0 saturated carbocycles. The van der Waals surface area contributed by atoms with Crippen molar-refractivity contribution in [2.45, 2.75) is 26.2 Å². The van der Waals surface area contributed by atoms with Crippen LogP contribution in [0.4, 0.5) is 10.3 Å². The van der Waals surface area contributed by atoms with Gasteiger partial charge in [0.25, 0.3) is 0 Å². The Labute approximate surface area is 87.5 Å². The first-order valence-electron chi connectivity index (χ1n) is 4.83. The van der Waals surface area contributed by atoms with Crippen molar-refractivity contribution in [3.63, 3.8) is 0 Å². The monoisotopic (exact) mass is 207 g/mol. The number of rotatable bonds is 0. The third-order valence-corrected chi connectivity index (χ3v) is 2.40. The summed E-state index contributed by atoms with van der Waals surface area (Å²) >= 11 is 0. The summed E-state index contributed by atoms with van der Waals surface area (Å²) in [6, 6.07) is 3.19. The van der Waals surface area contributed by atoms with Gasteiger partial charge in [0.1, 0.15) is 5.82 Å². The van der Waals surface area contributed by atoms with E-state index in [1.54, 1.807) is 6.07 Å². The third kappa shape index (κ3) is 1.67. The number of nitrogen functional groups attached to an aromatic ring is 1. The zero-order valence-corrected chi connectivity index (χ0v) is 9.06. The molecule has 1 heterocycles. The van der Waals surface area contributed by atoms with Crippen molar-refractivity contribution in [2.75, 3.05) is 5.73 Å². The Bertz CT molecular complexity index is 508. The van der Waals surface area contributed by atoms with E-state index in [1.165, 1.54) is 6.07 Å². The number of hydrogen-bond acceptors (Lipinski definition) is 2. The van der Waals surface area contributed by atoms with E-state index in [0.717, 1.165) is 5.52 Å². The molecule has 1 aromatic carbocycles. The highest BCUT2D eigenvalue weighted by Gasteiger charge is 2.19. The second-order valence-electron chi connectivity index (χ2n) is 4.72. The molecular weight excluding hydrogens is 193 g/mol. The van der Waals surface area contributed by atoms with Crippen LogP contribution in [0.5, 0.6) is 0 Å². The SMILES string of the molecule is CC(C)(C)c1cc2[nH]c(N)nc2cc1F. The molecule has 0 aliphatic carbocycles. The molecular formula is C11H14FN3. The van der Waals surface area contributed by atoms with Gasteiger partial charge in [-0.05, 0) is 17.0 Å². The zero-order chi connectivity index (χ0) is 11.2. The number of fused-ring (bicyclic) bond motifs is 1. The molecule has 3 N–H and O–H groups in total. The zero-order valence-electron chi connectivity index (χ0n) is 9.06. The van der Waals surface area contributed by atoms with E-state index < -0.39 is 0 Å². The number of imidazole rings is 1. The number of H-pyrrole nitrogens is 1. The van der Waals surface area contributed by atoms with E-state index >= 15 is 0 Å². The van der Waals surface area contributed by atoms with Crippen molar-refractivity contribution >= 4 is 17.0 Å². The maximum Gasteiger partial charge on any atom is 0.198 e. The van der Waals surface area contributed by atoms with Gasteiger partial charge in [-0.15, -0.1) is 0 Å². The number of anilines is 1. The van der Waals surface area contributed by atoms with Gasteiger partial charge in [-0.2, -0.15) is 0 Å². The van der Waals surface area contributed by atoms with Crippen LogP contribution in [0, 0.1) is 5.82 Å². The minimum absolute atomic E-state index is 0.224. The third-order valence-electron chi connectivity index (χ3n) is 2.40. The number of halogens is 1. The molecule has 3 nitrogen and oxygen atoms in total. The van der Waals surface area contributed by atoms with Crippen molar-refractivity contribution in [3.05, 3.63) is 23.5 Å². The highest BCUT2D eigenvalue weighted by molar-refractivity contribution is 5.78. The second-order valence-corrected chi connectivity index (χ2v) is 4.72. The van der Waals surface area contributed by atoms with Crippen LogP contribution >= 0.6 is 0 Å². The number of nitrogens with one attached hydrogen (secondary N) is 1. The van der Waals surface area contributed by atoms with Gasteiger partial charge in [0, 0.05) is 6.07 Å². The topological polar surface area (TPSA) is 54.7 Å². The number of nitrogens with two attached hydrogens (primary N) is 1. The Balaban J connectivity index is 2.72. The fourth-order valence-electron chi connectivity index (χ4n) is 1.63. The van der Waals surface area contributed by atoms with Crippen LogP contribution in [0.25, 0.3) is 11.0 Å². The van der Waals surface area contributed by atoms with Gasteiger partial charge in [0.15, 0.2) is 5.95 Å². The van der Waals surface area contributed by atoms with E-state index in [9.17, 15) is 4.39 Å². The van der Waals surface area contributed by atoms with Crippen molar-refractivity contribution in [1.29, 1.82) is 0 Å². The predicted octanol–water partition coefficient (Wildman–Crippen LogP) is 2.58. The minimum atomic E-state index is -0.235. The lowest BCUT2D eigenvalue weighted by Crippen LogP contribution is -2.13. The van der Waals surface area contributed by atoms with Crippen molar-refractivity contribution < 1.29 is 4.39 Å². The Morgan fingerprint density at radius 2 is 2.00 bits per heavy atom. The summed E-state index contributed by atoms with van der Waals surface area (Å²) in [6.45, 7) is 5.91. The normalized spacial score (nSPS) is 12.3. The largest absolute Gasteiger partial charge is 0.369 e. The summed E-state index contributed by atoms with van der Waals surface area (Å²) in [5, 5.41) is 0. The van der Waals surface area contributed by atoms with E-state index in [0.29, 0.717) is 17.0 Å². The summed E-state index contributed by atoms with van der Waals surface area (Å²) < 4.78 is 13.7. The van der Waals surface area contributed by atoms with E-state index in [1.807, 2.05) is 20.8 Å². The first kappa shape index (κ1) is 9.96. The molecule has 0 saturated heterocycles. The molecule has 4 heteroatoms. The molecule has 0 atom stereocenters. The molecule has 0 bridgehead atoms. The molecule has 2 rings (SSSR count). The van der Waals surface area contributed by atoms with Crippen molar-refractivity contribution in [1.82, 2.24) is 9.97 Å². The Morgan fingerprint density at radius 3 is 2.60 bits per heavy atom. The van der Waals surface area contributed by atoms with Crippen molar-refractivity contribution in [2.24, 2.45) is 0 Å². The number of aromatic nitrogens is 2. The van der Waals surface area contributed by atoms with Gasteiger partial charge in [0.2, 0.25) is 0 Å². The van der Waals surface area contributed by atoms with Gasteiger partial charge >= 0.3 is 0 Å². The van der Waals surface area contributed by atoms with E-state index in [4.69, 9.17) is 5.73 Å². The molecule has 0 aliphatic heterocycles. The van der Waals surface area contributed by atoms with E-state index in [2.05, 4.69) is 9.97 Å². The van der Waals surface area contributed by atoms with Crippen LogP contribution in [-0.4, -0.2) is 9.97 Å². The van der Waals surface area contributed by atoms with E-state index in [-0.39, 0.29) is 11.2 Å². The van der Waals surface area contributed by atoms with Crippen LogP contribution in [0.15, 0.2) is 12.1 Å². The van der Waals surface area contributed by atoms with Crippen LogP contribution in [0.2, 0.25) is 0 Å². The van der Waals surface area contributed by atoms with Crippen molar-refractivity contribution in [3.8, 4) is 0 Å². The number of aromatic amines is 1. The maximum absolute atomic E-state index is 13.7. The minimum Gasteiger partial charge on any atom is -0.369 e. The Hall–Kier alpha value is -1.58. The molecule has 0 aliphatic rings. The van der Waals surface area contributed by atoms with Gasteiger partial charge in [-0.3, -0.25) is 0 Å². The summed E-state index contributed by atoms with van der Waals surface area (Å²) in [4.78, 5) is 6.88. The van der Waals surface area contributed by atoms with Crippen LogP contribution in [0.3, 0.4) is 0 Å². The fourth-order valence-corrected chi connectivity index (χ4v) is 1.63. The summed E-state index contributed by atoms with van der Waals surface area (Å²) in [5.41, 5.74) is 7.30. The average molecular weight is 207 g/mol. The van der Waals surface area contributed by atoms with Crippen LogP contribution in [-0.2, 0) is 5.41 Å². The molecule has 0 radical (unpaired) electrons. The molecule has 80 valence electrons. The van der Waals surface area contributed by atoms with Crippen LogP contribution in [0.1, 0.15) is 26.3 Å². The summed E-state index contributed by atoms with van der Waals surface area (Å²) in [5.74, 6) is 0.0805. The molecule has 0 amide bonds. The number of nitrogens with zero attached hydrogens (tertiary/aromatic N) is 1. The fraction of sp³-hybridized carbons (Fsp3) is 0.364. The van der Waals surface area contributed by atoms with Gasteiger partial charge < -0.3 is 10.7 Å². The average Bonchev–Trinajstić information content (AvgIpc) is 2.40. The highest BCUT2D eigenvalue weighted by atomic mass is 19.1. The Morgan fingerprint density at radius 1 is 1.33 bits per heavy atom. The second kappa shape index (κ2) is 2.95. The molecule has 2 aromatic rings. The lowest BCUT2D eigenvalue weighted by atomic mass is 9.86. The highest BCUT2D eigenvalue weighted by Crippen LogP contribution is 2.28. The summed E-state index contributed by atoms with van der Waals surface area (Å²) in [6.07, 6.45) is 0. The standard InChI is InChI=1S/C11H14FN3/c1-11(2,3)6-4-8-9(5-7(6)12)15-10(13)14-8/h4-5H,1-3H3,(H3,13,14,15). The van der Waals surface area contributed by atoms with Gasteiger partial charge in [0.05, 0.1) is 11.0 Å². The predicted molar refractivity (Wildman–Crippen MR) is 59.2 cm³/mol. The molecule has 15 heavy (non-hydrogen) atoms. The number of hydrogen-bond donors (Lipinski definition) is 2. The lowest BCUT2D eigenvalue weighted by Gasteiger charge is -2.19. The van der Waals surface area contributed by atoms with Gasteiger partial charge in [-0.25, -0.2) is 9.37 Å². The number of benzene rings is 1. The maximum atomic E-state index is 13.7. The first-order chi connectivity index (χ1) is 6.88. The molecule has 1 aromatic heterocycles. The molecule has 0 spiro atoms. The molecule has 0 unspecified atom stereocenters. The van der Waals surface area contributed by atoms with Gasteiger partial charge in [-0.1, -0.05) is 20.8 Å². The van der Waals surface area contributed by atoms with Crippen LogP contribution < -0.4 is 5.73 Å². The molecule has 0 fully saturated rings. The quantitative estimate of drug-likeness (QED) is 0.697. The Kier molecular flexibility index (Phi) is 1.96. The summed E-state index contributed by atoms with van der Waals surface area (Å²) in [7, 11) is 0. The first-order valence-corrected chi connectivity index (χ1v) is 4.83. The lowest BCUT2D eigenvalue weighted by molar-refractivity contribution is 0.524. The smallest absolute Gasteiger partial charge is 0.198 e.